The van der Waals surface area contributed by atoms with Crippen molar-refractivity contribution in [3.63, 3.8) is 0 Å². The highest BCUT2D eigenvalue weighted by Crippen LogP contribution is 2.20. The van der Waals surface area contributed by atoms with E-state index in [-0.39, 0.29) is 5.82 Å². The van der Waals surface area contributed by atoms with Gasteiger partial charge < -0.3 is 5.32 Å². The Hall–Kier alpha value is -1.98. The van der Waals surface area contributed by atoms with Crippen molar-refractivity contribution in [3.05, 3.63) is 23.8 Å². The van der Waals surface area contributed by atoms with Crippen molar-refractivity contribution in [2.75, 3.05) is 11.9 Å². The van der Waals surface area contributed by atoms with Gasteiger partial charge in [0.15, 0.2) is 17.5 Å². The fourth-order valence-electron chi connectivity index (χ4n) is 1.63. The van der Waals surface area contributed by atoms with Crippen LogP contribution in [0.1, 0.15) is 19.0 Å². The van der Waals surface area contributed by atoms with Gasteiger partial charge in [0.1, 0.15) is 5.69 Å². The maximum absolute atomic E-state index is 13.8. The first-order valence-electron chi connectivity index (χ1n) is 5.90. The Morgan fingerprint density at radius 1 is 1.39 bits per heavy atom. The van der Waals surface area contributed by atoms with Crippen LogP contribution in [0.15, 0.2) is 12.3 Å². The minimum atomic E-state index is -0.394. The summed E-state index contributed by atoms with van der Waals surface area (Å²) in [6, 6.07) is 1.80. The normalized spacial score (nSPS) is 10.7. The molecule has 2 heterocycles. The fraction of sp³-hybridized carbons (Fsp3) is 0.417. The smallest absolute Gasteiger partial charge is 0.186 e. The minimum Gasteiger partial charge on any atom is -0.368 e. The molecule has 0 saturated heterocycles. The van der Waals surface area contributed by atoms with E-state index in [2.05, 4.69) is 20.4 Å². The summed E-state index contributed by atoms with van der Waals surface area (Å²) in [7, 11) is 1.80. The number of aromatic nitrogens is 4. The van der Waals surface area contributed by atoms with Gasteiger partial charge in [-0.2, -0.15) is 5.10 Å². The summed E-state index contributed by atoms with van der Waals surface area (Å²) >= 11 is 0. The first kappa shape index (κ1) is 12.5. The lowest BCUT2D eigenvalue weighted by Crippen LogP contribution is -2.09. The van der Waals surface area contributed by atoms with Crippen LogP contribution in [-0.2, 0) is 7.05 Å². The van der Waals surface area contributed by atoms with Crippen LogP contribution < -0.4 is 5.32 Å². The SMILES string of the molecule is CCCNc1nc(-c2ccnn2C)nc(C)c1F. The zero-order chi connectivity index (χ0) is 13.1. The van der Waals surface area contributed by atoms with Crippen molar-refractivity contribution >= 4 is 5.82 Å². The minimum absolute atomic E-state index is 0.251. The first-order chi connectivity index (χ1) is 8.63. The molecule has 0 aliphatic heterocycles. The van der Waals surface area contributed by atoms with Crippen molar-refractivity contribution in [3.8, 4) is 11.5 Å². The van der Waals surface area contributed by atoms with Gasteiger partial charge in [0.25, 0.3) is 0 Å². The van der Waals surface area contributed by atoms with Crippen molar-refractivity contribution in [2.24, 2.45) is 7.05 Å². The maximum atomic E-state index is 13.8. The number of anilines is 1. The van der Waals surface area contributed by atoms with Crippen LogP contribution in [0.4, 0.5) is 10.2 Å². The molecule has 0 radical (unpaired) electrons. The van der Waals surface area contributed by atoms with Crippen molar-refractivity contribution in [2.45, 2.75) is 20.3 Å². The summed E-state index contributed by atoms with van der Waals surface area (Å²) in [4.78, 5) is 8.37. The van der Waals surface area contributed by atoms with E-state index < -0.39 is 5.82 Å². The van der Waals surface area contributed by atoms with E-state index >= 15 is 0 Å². The lowest BCUT2D eigenvalue weighted by Gasteiger charge is -2.09. The van der Waals surface area contributed by atoms with Gasteiger partial charge in [-0.05, 0) is 19.4 Å². The van der Waals surface area contributed by atoms with E-state index in [1.165, 1.54) is 0 Å². The zero-order valence-electron chi connectivity index (χ0n) is 10.7. The quantitative estimate of drug-likeness (QED) is 0.902. The van der Waals surface area contributed by atoms with Gasteiger partial charge in [0.05, 0.1) is 5.69 Å². The molecule has 0 bridgehead atoms. The highest BCUT2D eigenvalue weighted by atomic mass is 19.1. The van der Waals surface area contributed by atoms with E-state index in [4.69, 9.17) is 0 Å². The van der Waals surface area contributed by atoms with E-state index in [0.717, 1.165) is 12.1 Å². The summed E-state index contributed by atoms with van der Waals surface area (Å²) in [5.74, 6) is 0.336. The average Bonchev–Trinajstić information content (AvgIpc) is 2.77. The molecule has 2 rings (SSSR count). The lowest BCUT2D eigenvalue weighted by molar-refractivity contribution is 0.604. The van der Waals surface area contributed by atoms with Crippen LogP contribution in [0.2, 0.25) is 0 Å². The molecule has 0 aromatic carbocycles. The van der Waals surface area contributed by atoms with Crippen molar-refractivity contribution < 1.29 is 4.39 Å². The van der Waals surface area contributed by atoms with Crippen molar-refractivity contribution in [1.82, 2.24) is 19.7 Å². The fourth-order valence-corrected chi connectivity index (χ4v) is 1.63. The van der Waals surface area contributed by atoms with Gasteiger partial charge in [-0.1, -0.05) is 6.92 Å². The third-order valence-corrected chi connectivity index (χ3v) is 2.61. The Bertz CT molecular complexity index is 549. The van der Waals surface area contributed by atoms with Crippen LogP contribution in [0, 0.1) is 12.7 Å². The lowest BCUT2D eigenvalue weighted by atomic mass is 10.3. The highest BCUT2D eigenvalue weighted by molar-refractivity contribution is 5.53. The van der Waals surface area contributed by atoms with E-state index in [1.807, 2.05) is 6.92 Å². The van der Waals surface area contributed by atoms with E-state index in [1.54, 1.807) is 30.9 Å². The topological polar surface area (TPSA) is 55.6 Å². The number of hydrogen-bond acceptors (Lipinski definition) is 4. The molecule has 96 valence electrons. The molecule has 0 saturated carbocycles. The van der Waals surface area contributed by atoms with Gasteiger partial charge in [-0.25, -0.2) is 14.4 Å². The van der Waals surface area contributed by atoms with E-state index in [9.17, 15) is 4.39 Å². The Labute approximate surface area is 105 Å². The van der Waals surface area contributed by atoms with Crippen molar-refractivity contribution in [1.29, 1.82) is 0 Å². The highest BCUT2D eigenvalue weighted by Gasteiger charge is 2.14. The van der Waals surface area contributed by atoms with Gasteiger partial charge in [-0.15, -0.1) is 0 Å². The molecular weight excluding hydrogens is 233 g/mol. The molecule has 0 atom stereocenters. The molecule has 0 amide bonds. The van der Waals surface area contributed by atoms with Gasteiger partial charge in [-0.3, -0.25) is 4.68 Å². The standard InChI is InChI=1S/C12H16FN5/c1-4-6-14-12-10(13)8(2)16-11(17-12)9-5-7-15-18(9)3/h5,7H,4,6H2,1-3H3,(H,14,16,17). The zero-order valence-corrected chi connectivity index (χ0v) is 10.7. The van der Waals surface area contributed by atoms with Crippen LogP contribution in [-0.4, -0.2) is 26.3 Å². The predicted molar refractivity (Wildman–Crippen MR) is 67.7 cm³/mol. The maximum Gasteiger partial charge on any atom is 0.186 e. The van der Waals surface area contributed by atoms with Gasteiger partial charge in [0, 0.05) is 19.8 Å². The number of halogens is 1. The molecule has 0 unspecified atom stereocenters. The molecule has 6 heteroatoms. The Morgan fingerprint density at radius 2 is 2.17 bits per heavy atom. The summed E-state index contributed by atoms with van der Waals surface area (Å²) in [5, 5.41) is 7.03. The van der Waals surface area contributed by atoms with Crippen LogP contribution in [0.25, 0.3) is 11.5 Å². The first-order valence-corrected chi connectivity index (χ1v) is 5.90. The second-order valence-electron chi connectivity index (χ2n) is 4.06. The summed E-state index contributed by atoms with van der Waals surface area (Å²) in [5.41, 5.74) is 1.09. The molecule has 5 nitrogen and oxygen atoms in total. The predicted octanol–water partition coefficient (Wildman–Crippen LogP) is 2.15. The van der Waals surface area contributed by atoms with Crippen LogP contribution in [0.5, 0.6) is 0 Å². The molecular formula is C12H16FN5. The molecule has 0 fully saturated rings. The Morgan fingerprint density at radius 3 is 2.78 bits per heavy atom. The molecule has 18 heavy (non-hydrogen) atoms. The second kappa shape index (κ2) is 5.12. The summed E-state index contributed by atoms with van der Waals surface area (Å²) in [6.07, 6.45) is 2.57. The van der Waals surface area contributed by atoms with Crippen LogP contribution >= 0.6 is 0 Å². The summed E-state index contributed by atoms with van der Waals surface area (Å²) < 4.78 is 15.5. The molecule has 2 aromatic rings. The second-order valence-corrected chi connectivity index (χ2v) is 4.06. The molecule has 0 spiro atoms. The van der Waals surface area contributed by atoms with Gasteiger partial charge in [0.2, 0.25) is 0 Å². The number of hydrogen-bond donors (Lipinski definition) is 1. The number of aryl methyl sites for hydroxylation is 2. The Balaban J connectivity index is 2.44. The van der Waals surface area contributed by atoms with Crippen LogP contribution in [0.3, 0.4) is 0 Å². The largest absolute Gasteiger partial charge is 0.368 e. The number of nitrogens with one attached hydrogen (secondary N) is 1. The third-order valence-electron chi connectivity index (χ3n) is 2.61. The van der Waals surface area contributed by atoms with E-state index in [0.29, 0.717) is 18.1 Å². The van der Waals surface area contributed by atoms with Gasteiger partial charge >= 0.3 is 0 Å². The number of nitrogens with zero attached hydrogens (tertiary/aromatic N) is 4. The molecule has 2 aromatic heterocycles. The number of rotatable bonds is 4. The summed E-state index contributed by atoms with van der Waals surface area (Å²) in [6.45, 7) is 4.33. The third kappa shape index (κ3) is 2.32. The molecule has 0 aliphatic carbocycles. The monoisotopic (exact) mass is 249 g/mol. The molecule has 1 N–H and O–H groups in total. The average molecular weight is 249 g/mol. The molecule has 0 aliphatic rings. The Kier molecular flexibility index (Phi) is 3.55.